The standard InChI is InChI=1S/C8H13N.C6H6.C2H6/c1-7-2-4-8(6-9)5-3-7;1-2-4-6-5-3-1;1-2/h7-8H,2-5H2,1H3;1-6H;1-2H3. The van der Waals surface area contributed by atoms with E-state index >= 15 is 0 Å². The number of nitrogens with zero attached hydrogens (tertiary/aromatic N) is 1. The molecule has 0 amide bonds. The lowest BCUT2D eigenvalue weighted by Gasteiger charge is -2.20. The summed E-state index contributed by atoms with van der Waals surface area (Å²) in [4.78, 5) is 0. The van der Waals surface area contributed by atoms with E-state index in [9.17, 15) is 0 Å². The molecule has 1 saturated carbocycles. The number of rotatable bonds is 0. The summed E-state index contributed by atoms with van der Waals surface area (Å²) < 4.78 is 0. The van der Waals surface area contributed by atoms with Gasteiger partial charge in [-0.05, 0) is 31.6 Å². The van der Waals surface area contributed by atoms with Gasteiger partial charge in [0.05, 0.1) is 6.07 Å². The second kappa shape index (κ2) is 11.2. The van der Waals surface area contributed by atoms with Crippen LogP contribution in [0.15, 0.2) is 36.4 Å². The molecule has 0 N–H and O–H groups in total. The van der Waals surface area contributed by atoms with Gasteiger partial charge < -0.3 is 0 Å². The Labute approximate surface area is 106 Å². The van der Waals surface area contributed by atoms with Gasteiger partial charge in [-0.3, -0.25) is 0 Å². The van der Waals surface area contributed by atoms with Crippen molar-refractivity contribution >= 4 is 0 Å². The first-order valence-electron chi connectivity index (χ1n) is 6.72. The lowest BCUT2D eigenvalue weighted by atomic mass is 9.84. The molecule has 1 nitrogen and oxygen atoms in total. The van der Waals surface area contributed by atoms with Crippen molar-refractivity contribution in [3.63, 3.8) is 0 Å². The molecule has 1 aromatic rings. The molecule has 94 valence electrons. The molecule has 0 spiro atoms. The Morgan fingerprint density at radius 2 is 1.18 bits per heavy atom. The molecule has 0 aromatic heterocycles. The highest BCUT2D eigenvalue weighted by Crippen LogP contribution is 2.27. The third-order valence-electron chi connectivity index (χ3n) is 2.87. The molecule has 0 bridgehead atoms. The lowest BCUT2D eigenvalue weighted by Crippen LogP contribution is -2.09. The largest absolute Gasteiger partial charge is 0.198 e. The van der Waals surface area contributed by atoms with E-state index in [0.717, 1.165) is 18.8 Å². The number of nitriles is 1. The Balaban J connectivity index is 0.000000278. The van der Waals surface area contributed by atoms with Crippen LogP contribution in [-0.2, 0) is 0 Å². The average Bonchev–Trinajstić information content (AvgIpc) is 2.44. The molecule has 1 aliphatic carbocycles. The maximum atomic E-state index is 8.53. The van der Waals surface area contributed by atoms with Crippen molar-refractivity contribution in [2.45, 2.75) is 46.5 Å². The van der Waals surface area contributed by atoms with Crippen molar-refractivity contribution in [1.82, 2.24) is 0 Å². The summed E-state index contributed by atoms with van der Waals surface area (Å²) in [7, 11) is 0. The first-order valence-corrected chi connectivity index (χ1v) is 6.72. The van der Waals surface area contributed by atoms with Crippen molar-refractivity contribution in [2.75, 3.05) is 0 Å². The predicted octanol–water partition coefficient (Wildman–Crippen LogP) is 5.05. The SMILES string of the molecule is CC.CC1CCC(C#N)CC1.c1ccccc1. The fourth-order valence-electron chi connectivity index (χ4n) is 1.77. The van der Waals surface area contributed by atoms with Crippen LogP contribution in [0.25, 0.3) is 0 Å². The van der Waals surface area contributed by atoms with Gasteiger partial charge in [-0.25, -0.2) is 0 Å². The van der Waals surface area contributed by atoms with Crippen LogP contribution in [-0.4, -0.2) is 0 Å². The normalized spacial score (nSPS) is 22.0. The summed E-state index contributed by atoms with van der Waals surface area (Å²) in [6.45, 7) is 6.27. The quantitative estimate of drug-likeness (QED) is 0.613. The number of hydrogen-bond acceptors (Lipinski definition) is 1. The highest BCUT2D eigenvalue weighted by atomic mass is 14.3. The van der Waals surface area contributed by atoms with Gasteiger partial charge in [-0.1, -0.05) is 57.2 Å². The van der Waals surface area contributed by atoms with Gasteiger partial charge in [0, 0.05) is 5.92 Å². The zero-order chi connectivity index (χ0) is 12.9. The van der Waals surface area contributed by atoms with Crippen LogP contribution in [0, 0.1) is 23.2 Å². The van der Waals surface area contributed by atoms with Crippen molar-refractivity contribution < 1.29 is 0 Å². The van der Waals surface area contributed by atoms with Crippen LogP contribution < -0.4 is 0 Å². The van der Waals surface area contributed by atoms with Crippen LogP contribution in [0.2, 0.25) is 0 Å². The lowest BCUT2D eigenvalue weighted by molar-refractivity contribution is 0.336. The molecule has 0 atom stereocenters. The minimum atomic E-state index is 0.376. The highest BCUT2D eigenvalue weighted by molar-refractivity contribution is 4.99. The van der Waals surface area contributed by atoms with Crippen LogP contribution >= 0.6 is 0 Å². The smallest absolute Gasteiger partial charge is 0.0655 e. The molecule has 0 unspecified atom stereocenters. The molecular formula is C16H25N. The molecular weight excluding hydrogens is 206 g/mol. The van der Waals surface area contributed by atoms with Gasteiger partial charge in [-0.15, -0.1) is 0 Å². The molecule has 1 aliphatic rings. The fourth-order valence-corrected chi connectivity index (χ4v) is 1.77. The summed E-state index contributed by atoms with van der Waals surface area (Å²) in [6.07, 6.45) is 4.80. The zero-order valence-electron chi connectivity index (χ0n) is 11.4. The van der Waals surface area contributed by atoms with E-state index in [1.165, 1.54) is 12.8 Å². The van der Waals surface area contributed by atoms with Gasteiger partial charge in [0.15, 0.2) is 0 Å². The van der Waals surface area contributed by atoms with Gasteiger partial charge in [0.25, 0.3) is 0 Å². The second-order valence-electron chi connectivity index (χ2n) is 4.24. The van der Waals surface area contributed by atoms with Crippen LogP contribution in [0.3, 0.4) is 0 Å². The number of benzene rings is 1. The first kappa shape index (κ1) is 15.7. The molecule has 1 fully saturated rings. The van der Waals surface area contributed by atoms with Crippen molar-refractivity contribution in [1.29, 1.82) is 5.26 Å². The average molecular weight is 231 g/mol. The van der Waals surface area contributed by atoms with E-state index in [4.69, 9.17) is 5.26 Å². The Bertz CT molecular complexity index is 251. The minimum Gasteiger partial charge on any atom is -0.198 e. The van der Waals surface area contributed by atoms with Crippen LogP contribution in [0.4, 0.5) is 0 Å². The van der Waals surface area contributed by atoms with Crippen molar-refractivity contribution in [3.05, 3.63) is 36.4 Å². The Morgan fingerprint density at radius 3 is 1.47 bits per heavy atom. The summed E-state index contributed by atoms with van der Waals surface area (Å²) in [5.41, 5.74) is 0. The third-order valence-corrected chi connectivity index (χ3v) is 2.87. The Kier molecular flexibility index (Phi) is 10.4. The van der Waals surface area contributed by atoms with E-state index in [1.54, 1.807) is 0 Å². The van der Waals surface area contributed by atoms with Gasteiger partial charge in [0.2, 0.25) is 0 Å². The first-order chi connectivity index (χ1) is 8.33. The molecule has 17 heavy (non-hydrogen) atoms. The third kappa shape index (κ3) is 8.51. The molecule has 1 aromatic carbocycles. The van der Waals surface area contributed by atoms with Crippen molar-refractivity contribution in [3.8, 4) is 6.07 Å². The topological polar surface area (TPSA) is 23.8 Å². The van der Waals surface area contributed by atoms with E-state index < -0.39 is 0 Å². The minimum absolute atomic E-state index is 0.376. The molecule has 1 heteroatoms. The zero-order valence-corrected chi connectivity index (χ0v) is 11.4. The monoisotopic (exact) mass is 231 g/mol. The van der Waals surface area contributed by atoms with Gasteiger partial charge >= 0.3 is 0 Å². The fraction of sp³-hybridized carbons (Fsp3) is 0.562. The van der Waals surface area contributed by atoms with E-state index in [2.05, 4.69) is 13.0 Å². The summed E-state index contributed by atoms with van der Waals surface area (Å²) in [5.74, 6) is 1.25. The maximum Gasteiger partial charge on any atom is 0.0655 e. The molecule has 0 radical (unpaired) electrons. The highest BCUT2D eigenvalue weighted by Gasteiger charge is 2.16. The van der Waals surface area contributed by atoms with E-state index in [1.807, 2.05) is 50.2 Å². The van der Waals surface area contributed by atoms with Crippen LogP contribution in [0.5, 0.6) is 0 Å². The maximum absolute atomic E-state index is 8.53. The van der Waals surface area contributed by atoms with Crippen molar-refractivity contribution in [2.24, 2.45) is 11.8 Å². The summed E-state index contributed by atoms with van der Waals surface area (Å²) in [5, 5.41) is 8.53. The number of hydrogen-bond donors (Lipinski definition) is 0. The predicted molar refractivity (Wildman–Crippen MR) is 74.5 cm³/mol. The van der Waals surface area contributed by atoms with E-state index in [0.29, 0.717) is 5.92 Å². The van der Waals surface area contributed by atoms with Gasteiger partial charge in [-0.2, -0.15) is 5.26 Å². The van der Waals surface area contributed by atoms with E-state index in [-0.39, 0.29) is 0 Å². The van der Waals surface area contributed by atoms with Gasteiger partial charge in [0.1, 0.15) is 0 Å². The Morgan fingerprint density at radius 1 is 0.824 bits per heavy atom. The molecule has 0 heterocycles. The van der Waals surface area contributed by atoms with Crippen LogP contribution in [0.1, 0.15) is 46.5 Å². The second-order valence-corrected chi connectivity index (χ2v) is 4.24. The molecule has 0 saturated heterocycles. The summed E-state index contributed by atoms with van der Waals surface area (Å²) >= 11 is 0. The molecule has 0 aliphatic heterocycles. The Hall–Kier alpha value is -1.29. The molecule has 2 rings (SSSR count). The summed E-state index contributed by atoms with van der Waals surface area (Å²) in [6, 6.07) is 14.3.